The number of nitrogens with zero attached hydrogens (tertiary/aromatic N) is 3. The van der Waals surface area contributed by atoms with Crippen molar-refractivity contribution in [2.45, 2.75) is 24.9 Å². The third-order valence-electron chi connectivity index (χ3n) is 5.39. The molecule has 8 heteroatoms. The Kier molecular flexibility index (Phi) is 6.27. The van der Waals surface area contributed by atoms with E-state index in [0.29, 0.717) is 24.5 Å². The van der Waals surface area contributed by atoms with Crippen LogP contribution in [-0.4, -0.2) is 39.2 Å². The quantitative estimate of drug-likeness (QED) is 0.446. The zero-order valence-corrected chi connectivity index (χ0v) is 17.9. The largest absolute Gasteiger partial charge is 0.469 e. The summed E-state index contributed by atoms with van der Waals surface area (Å²) in [5.74, 6) is -0.525. The molecule has 160 valence electrons. The van der Waals surface area contributed by atoms with Crippen molar-refractivity contribution in [3.63, 3.8) is 0 Å². The van der Waals surface area contributed by atoms with Crippen LogP contribution >= 0.6 is 12.2 Å². The standard InChI is InChI=1S/C23H23FN4O2S/c1-30-20(29)8-5-15-28-22(21(26-23(28)31)18-6-2-3-13-25-18)19-7-4-14-27(19)17-11-9-16(24)10-12-17/h2-4,6-7,9-14,21-22H,5,8,15H2,1H3,(H,26,31). The molecule has 6 nitrogen and oxygen atoms in total. The van der Waals surface area contributed by atoms with Crippen LogP contribution in [0.15, 0.2) is 67.0 Å². The molecule has 1 aromatic carbocycles. The summed E-state index contributed by atoms with van der Waals surface area (Å²) in [6.07, 6.45) is 4.63. The Labute approximate surface area is 185 Å². The van der Waals surface area contributed by atoms with E-state index in [1.807, 2.05) is 41.1 Å². The fraction of sp³-hybridized carbons (Fsp3) is 0.261. The minimum absolute atomic E-state index is 0.153. The van der Waals surface area contributed by atoms with Crippen molar-refractivity contribution in [3.8, 4) is 5.69 Å². The number of thiocarbonyl (C=S) groups is 1. The molecule has 0 bridgehead atoms. The number of esters is 1. The molecule has 2 unspecified atom stereocenters. The molecular formula is C23H23FN4O2S. The average Bonchev–Trinajstić information content (AvgIpc) is 3.39. The first-order valence-corrected chi connectivity index (χ1v) is 10.5. The second-order valence-corrected chi connectivity index (χ2v) is 7.67. The Morgan fingerprint density at radius 1 is 1.19 bits per heavy atom. The number of halogens is 1. The summed E-state index contributed by atoms with van der Waals surface area (Å²) in [7, 11) is 1.39. The molecule has 0 saturated carbocycles. The maximum Gasteiger partial charge on any atom is 0.305 e. The van der Waals surface area contributed by atoms with Crippen molar-refractivity contribution in [2.75, 3.05) is 13.7 Å². The number of nitrogens with one attached hydrogen (secondary N) is 1. The number of rotatable bonds is 7. The maximum atomic E-state index is 13.5. The van der Waals surface area contributed by atoms with E-state index in [1.54, 1.807) is 18.3 Å². The van der Waals surface area contributed by atoms with Gasteiger partial charge < -0.3 is 19.5 Å². The van der Waals surface area contributed by atoms with Gasteiger partial charge in [0.1, 0.15) is 5.82 Å². The molecule has 1 aliphatic rings. The number of hydrogen-bond donors (Lipinski definition) is 1. The Balaban J connectivity index is 1.70. The summed E-state index contributed by atoms with van der Waals surface area (Å²) >= 11 is 5.67. The molecule has 4 rings (SSSR count). The lowest BCUT2D eigenvalue weighted by molar-refractivity contribution is -0.140. The fourth-order valence-corrected chi connectivity index (χ4v) is 4.27. The lowest BCUT2D eigenvalue weighted by Crippen LogP contribution is -2.31. The van der Waals surface area contributed by atoms with Gasteiger partial charge >= 0.3 is 5.97 Å². The third kappa shape index (κ3) is 4.44. The van der Waals surface area contributed by atoms with Gasteiger partial charge in [-0.3, -0.25) is 9.78 Å². The van der Waals surface area contributed by atoms with E-state index in [9.17, 15) is 9.18 Å². The van der Waals surface area contributed by atoms with Gasteiger partial charge in [0.25, 0.3) is 0 Å². The predicted octanol–water partition coefficient (Wildman–Crippen LogP) is 3.94. The molecule has 2 aromatic heterocycles. The molecule has 1 aliphatic heterocycles. The van der Waals surface area contributed by atoms with Crippen LogP contribution in [0.25, 0.3) is 5.69 Å². The van der Waals surface area contributed by atoms with Crippen molar-refractivity contribution >= 4 is 23.3 Å². The number of methoxy groups -OCH3 is 1. The Hall–Kier alpha value is -3.26. The maximum absolute atomic E-state index is 13.5. The number of aromatic nitrogens is 2. The van der Waals surface area contributed by atoms with Crippen molar-refractivity contribution < 1.29 is 13.9 Å². The summed E-state index contributed by atoms with van der Waals surface area (Å²) in [6, 6.07) is 15.9. The lowest BCUT2D eigenvalue weighted by Gasteiger charge is -2.29. The van der Waals surface area contributed by atoms with Gasteiger partial charge in [-0.15, -0.1) is 0 Å². The van der Waals surface area contributed by atoms with E-state index in [0.717, 1.165) is 17.1 Å². The van der Waals surface area contributed by atoms with Gasteiger partial charge in [-0.2, -0.15) is 0 Å². The summed E-state index contributed by atoms with van der Waals surface area (Å²) in [4.78, 5) is 18.2. The second-order valence-electron chi connectivity index (χ2n) is 7.28. The Bertz CT molecular complexity index is 1050. The van der Waals surface area contributed by atoms with E-state index < -0.39 is 0 Å². The van der Waals surface area contributed by atoms with E-state index >= 15 is 0 Å². The number of pyridine rings is 1. The normalized spacial score (nSPS) is 18.1. The summed E-state index contributed by atoms with van der Waals surface area (Å²) in [5, 5.41) is 4.01. The van der Waals surface area contributed by atoms with Gasteiger partial charge in [-0.25, -0.2) is 4.39 Å². The highest BCUT2D eigenvalue weighted by molar-refractivity contribution is 7.80. The topological polar surface area (TPSA) is 59.4 Å². The van der Waals surface area contributed by atoms with Gasteiger partial charge in [0, 0.05) is 36.7 Å². The van der Waals surface area contributed by atoms with Crippen LogP contribution in [-0.2, 0) is 9.53 Å². The molecule has 0 aliphatic carbocycles. The first kappa shape index (κ1) is 21.0. The molecule has 3 aromatic rings. The fourth-order valence-electron chi connectivity index (χ4n) is 3.94. The zero-order chi connectivity index (χ0) is 21.8. The SMILES string of the molecule is COC(=O)CCCN1C(=S)NC(c2ccccn2)C1c1cccn1-c1ccc(F)cc1. The number of ether oxygens (including phenoxy) is 1. The smallest absolute Gasteiger partial charge is 0.305 e. The highest BCUT2D eigenvalue weighted by Crippen LogP contribution is 2.39. The average molecular weight is 439 g/mol. The van der Waals surface area contributed by atoms with Gasteiger partial charge in [0.2, 0.25) is 0 Å². The van der Waals surface area contributed by atoms with Gasteiger partial charge in [0.15, 0.2) is 5.11 Å². The molecule has 0 amide bonds. The summed E-state index contributed by atoms with van der Waals surface area (Å²) in [6.45, 7) is 0.587. The monoisotopic (exact) mass is 438 g/mol. The number of benzene rings is 1. The van der Waals surface area contributed by atoms with Crippen LogP contribution in [0.5, 0.6) is 0 Å². The van der Waals surface area contributed by atoms with Crippen LogP contribution in [0.4, 0.5) is 4.39 Å². The van der Waals surface area contributed by atoms with Crippen molar-refractivity contribution in [2.24, 2.45) is 0 Å². The van der Waals surface area contributed by atoms with Crippen molar-refractivity contribution in [1.29, 1.82) is 0 Å². The van der Waals surface area contributed by atoms with Crippen LogP contribution in [0.1, 0.15) is 36.3 Å². The van der Waals surface area contributed by atoms with Gasteiger partial charge in [0.05, 0.1) is 24.9 Å². The zero-order valence-electron chi connectivity index (χ0n) is 17.1. The highest BCUT2D eigenvalue weighted by Gasteiger charge is 2.41. The lowest BCUT2D eigenvalue weighted by atomic mass is 10.0. The first-order chi connectivity index (χ1) is 15.1. The van der Waals surface area contributed by atoms with Crippen molar-refractivity contribution in [3.05, 3.63) is 84.2 Å². The third-order valence-corrected chi connectivity index (χ3v) is 5.75. The van der Waals surface area contributed by atoms with Crippen molar-refractivity contribution in [1.82, 2.24) is 19.8 Å². The van der Waals surface area contributed by atoms with E-state index in [-0.39, 0.29) is 23.9 Å². The highest BCUT2D eigenvalue weighted by atomic mass is 32.1. The molecule has 3 heterocycles. The summed E-state index contributed by atoms with van der Waals surface area (Å²) < 4.78 is 20.3. The molecule has 31 heavy (non-hydrogen) atoms. The molecular weight excluding hydrogens is 415 g/mol. The molecule has 1 saturated heterocycles. The number of carbonyl (C=O) groups excluding carboxylic acids is 1. The minimum Gasteiger partial charge on any atom is -0.469 e. The molecule has 1 fully saturated rings. The second kappa shape index (κ2) is 9.26. The summed E-state index contributed by atoms with van der Waals surface area (Å²) in [5.41, 5.74) is 2.72. The molecule has 1 N–H and O–H groups in total. The Morgan fingerprint density at radius 3 is 2.71 bits per heavy atom. The van der Waals surface area contributed by atoms with Gasteiger partial charge in [-0.05, 0) is 67.2 Å². The van der Waals surface area contributed by atoms with Gasteiger partial charge in [-0.1, -0.05) is 6.07 Å². The van der Waals surface area contributed by atoms with Crippen LogP contribution in [0.3, 0.4) is 0 Å². The first-order valence-electron chi connectivity index (χ1n) is 10.1. The number of carbonyl (C=O) groups is 1. The Morgan fingerprint density at radius 2 is 2.00 bits per heavy atom. The van der Waals surface area contributed by atoms with Crippen LogP contribution in [0, 0.1) is 5.82 Å². The van der Waals surface area contributed by atoms with Crippen LogP contribution in [0.2, 0.25) is 0 Å². The van der Waals surface area contributed by atoms with E-state index in [1.165, 1.54) is 19.2 Å². The minimum atomic E-state index is -0.281. The molecule has 2 atom stereocenters. The van der Waals surface area contributed by atoms with Crippen LogP contribution < -0.4 is 5.32 Å². The van der Waals surface area contributed by atoms with E-state index in [4.69, 9.17) is 17.0 Å². The molecule has 0 spiro atoms. The molecule has 0 radical (unpaired) electrons. The predicted molar refractivity (Wildman–Crippen MR) is 119 cm³/mol. The van der Waals surface area contributed by atoms with E-state index in [2.05, 4.69) is 15.2 Å². The number of hydrogen-bond acceptors (Lipinski definition) is 4.